The first-order valence-electron chi connectivity index (χ1n) is 9.46. The minimum Gasteiger partial charge on any atom is -0.380 e. The van der Waals surface area contributed by atoms with E-state index in [1.807, 2.05) is 18.5 Å². The number of benzene rings is 1. The van der Waals surface area contributed by atoms with Crippen molar-refractivity contribution in [2.75, 3.05) is 31.6 Å². The fourth-order valence-electron chi connectivity index (χ4n) is 3.32. The largest absolute Gasteiger partial charge is 0.380 e. The number of unbranched alkanes of at least 4 members (excludes halogenated alkanes) is 2. The molecule has 1 amide bonds. The van der Waals surface area contributed by atoms with Gasteiger partial charge in [-0.1, -0.05) is 6.07 Å². The predicted octanol–water partition coefficient (Wildman–Crippen LogP) is 2.19. The molecule has 0 fully saturated rings. The van der Waals surface area contributed by atoms with E-state index < -0.39 is 5.91 Å². The number of nitrogens with one attached hydrogen (secondary N) is 1. The zero-order chi connectivity index (χ0) is 19.1. The molecule has 0 aromatic heterocycles. The van der Waals surface area contributed by atoms with Crippen LogP contribution < -0.4 is 16.8 Å². The van der Waals surface area contributed by atoms with Gasteiger partial charge < -0.3 is 21.5 Å². The lowest BCUT2D eigenvalue weighted by Gasteiger charge is -2.31. The van der Waals surface area contributed by atoms with Gasteiger partial charge in [-0.3, -0.25) is 14.8 Å². The van der Waals surface area contributed by atoms with Crippen molar-refractivity contribution in [2.45, 2.75) is 25.7 Å². The van der Waals surface area contributed by atoms with Crippen molar-refractivity contribution < 1.29 is 9.53 Å². The summed E-state index contributed by atoms with van der Waals surface area (Å²) in [7, 11) is 0. The van der Waals surface area contributed by atoms with Crippen molar-refractivity contribution in [1.29, 1.82) is 0 Å². The van der Waals surface area contributed by atoms with Gasteiger partial charge in [-0.05, 0) is 49.9 Å². The van der Waals surface area contributed by atoms with Gasteiger partial charge in [0.25, 0.3) is 0 Å². The van der Waals surface area contributed by atoms with Crippen LogP contribution in [0.3, 0.4) is 0 Å². The molecule has 1 atom stereocenters. The summed E-state index contributed by atoms with van der Waals surface area (Å²) in [4.78, 5) is 20.5. The molecule has 0 saturated heterocycles. The van der Waals surface area contributed by atoms with E-state index in [1.54, 1.807) is 12.1 Å². The standard InChI is InChI=1S/C20H27N5O2/c21-7-2-1-3-10-27-11-9-24-20-16-6-8-23-13-17(16)15-5-4-14(19(22)26)12-18(15)25-20/h4-5,8,12-13,16H,1-3,6-7,9-11,21H2,(H2,22,26)(H,24,25). The van der Waals surface area contributed by atoms with Gasteiger partial charge in [0.2, 0.25) is 5.91 Å². The van der Waals surface area contributed by atoms with Gasteiger partial charge in [-0.15, -0.1) is 0 Å². The number of nitrogens with zero attached hydrogens (tertiary/aromatic N) is 2. The lowest BCUT2D eigenvalue weighted by Crippen LogP contribution is -2.31. The molecule has 1 unspecified atom stereocenters. The van der Waals surface area contributed by atoms with E-state index in [9.17, 15) is 4.79 Å². The van der Waals surface area contributed by atoms with Gasteiger partial charge in [0, 0.05) is 41.8 Å². The van der Waals surface area contributed by atoms with Crippen LogP contribution in [0.4, 0.5) is 5.69 Å². The Labute approximate surface area is 159 Å². The number of amidine groups is 1. The van der Waals surface area contributed by atoms with Crippen LogP contribution in [0.25, 0.3) is 5.57 Å². The Morgan fingerprint density at radius 1 is 1.30 bits per heavy atom. The maximum Gasteiger partial charge on any atom is 0.248 e. The van der Waals surface area contributed by atoms with Crippen LogP contribution in [-0.4, -0.2) is 44.3 Å². The number of carbonyl (C=O) groups is 1. The van der Waals surface area contributed by atoms with Crippen molar-refractivity contribution >= 4 is 29.2 Å². The monoisotopic (exact) mass is 369 g/mol. The summed E-state index contributed by atoms with van der Waals surface area (Å²) in [6, 6.07) is 5.44. The van der Waals surface area contributed by atoms with Crippen LogP contribution in [0, 0.1) is 5.92 Å². The lowest BCUT2D eigenvalue weighted by molar-refractivity contribution is 0.100. The molecule has 0 spiro atoms. The number of nitrogens with two attached hydrogens (primary N) is 2. The molecule has 2 aliphatic rings. The highest BCUT2D eigenvalue weighted by Gasteiger charge is 2.30. The van der Waals surface area contributed by atoms with Gasteiger partial charge in [-0.2, -0.15) is 0 Å². The third kappa shape index (κ3) is 4.81. The SMILES string of the molecule is NCCCCCOCCN=C1Nc2cc(C(N)=O)ccc2C2=CN=CCC21. The molecular weight excluding hydrogens is 342 g/mol. The summed E-state index contributed by atoms with van der Waals surface area (Å²) in [5, 5.41) is 3.38. The minimum absolute atomic E-state index is 0.152. The Morgan fingerprint density at radius 3 is 3.00 bits per heavy atom. The van der Waals surface area contributed by atoms with E-state index >= 15 is 0 Å². The predicted molar refractivity (Wildman–Crippen MR) is 109 cm³/mol. The summed E-state index contributed by atoms with van der Waals surface area (Å²) >= 11 is 0. The Kier molecular flexibility index (Phi) is 6.73. The van der Waals surface area contributed by atoms with Crippen molar-refractivity contribution in [1.82, 2.24) is 0 Å². The second-order valence-electron chi connectivity index (χ2n) is 6.68. The van der Waals surface area contributed by atoms with Crippen LogP contribution in [0.1, 0.15) is 41.6 Å². The molecule has 27 heavy (non-hydrogen) atoms. The molecule has 1 aromatic carbocycles. The van der Waals surface area contributed by atoms with E-state index in [4.69, 9.17) is 21.2 Å². The highest BCUT2D eigenvalue weighted by molar-refractivity contribution is 6.12. The number of rotatable bonds is 9. The highest BCUT2D eigenvalue weighted by atomic mass is 16.5. The number of aliphatic imine (C=N–C) groups is 2. The number of hydrogen-bond acceptors (Lipinski definition) is 5. The number of fused-ring (bicyclic) bond motifs is 3. The average Bonchev–Trinajstić information content (AvgIpc) is 2.69. The molecule has 1 aromatic rings. The molecule has 144 valence electrons. The zero-order valence-corrected chi connectivity index (χ0v) is 15.5. The number of amides is 1. The summed E-state index contributed by atoms with van der Waals surface area (Å²) in [6.07, 6.45) is 7.75. The second kappa shape index (κ2) is 9.43. The van der Waals surface area contributed by atoms with Crippen molar-refractivity contribution in [2.24, 2.45) is 27.4 Å². The smallest absolute Gasteiger partial charge is 0.248 e. The third-order valence-electron chi connectivity index (χ3n) is 4.75. The van der Waals surface area contributed by atoms with Crippen LogP contribution >= 0.6 is 0 Å². The Hall–Kier alpha value is -2.51. The molecule has 2 aliphatic heterocycles. The van der Waals surface area contributed by atoms with Gasteiger partial charge in [0.15, 0.2) is 0 Å². The number of ether oxygens (including phenoxy) is 1. The molecule has 5 N–H and O–H groups in total. The maximum absolute atomic E-state index is 11.5. The number of anilines is 1. The molecular formula is C20H27N5O2. The first-order valence-corrected chi connectivity index (χ1v) is 9.46. The highest BCUT2D eigenvalue weighted by Crippen LogP contribution is 2.38. The quantitative estimate of drug-likeness (QED) is 0.579. The van der Waals surface area contributed by atoms with E-state index in [0.29, 0.717) is 18.7 Å². The van der Waals surface area contributed by atoms with Crippen LogP contribution in [0.5, 0.6) is 0 Å². The number of carbonyl (C=O) groups excluding carboxylic acids is 1. The summed E-state index contributed by atoms with van der Waals surface area (Å²) < 4.78 is 5.65. The fraction of sp³-hybridized carbons (Fsp3) is 0.450. The van der Waals surface area contributed by atoms with Crippen LogP contribution in [0.2, 0.25) is 0 Å². The fourth-order valence-corrected chi connectivity index (χ4v) is 3.32. The molecule has 0 saturated carbocycles. The Morgan fingerprint density at radius 2 is 2.19 bits per heavy atom. The molecule has 0 radical (unpaired) electrons. The molecule has 7 nitrogen and oxygen atoms in total. The molecule has 0 bridgehead atoms. The first-order chi connectivity index (χ1) is 13.2. The van der Waals surface area contributed by atoms with Crippen molar-refractivity contribution in [3.8, 4) is 0 Å². The van der Waals surface area contributed by atoms with E-state index in [1.165, 1.54) is 0 Å². The van der Waals surface area contributed by atoms with Gasteiger partial charge in [0.1, 0.15) is 5.84 Å². The lowest BCUT2D eigenvalue weighted by atomic mass is 9.84. The third-order valence-corrected chi connectivity index (χ3v) is 4.75. The topological polar surface area (TPSA) is 115 Å². The second-order valence-corrected chi connectivity index (χ2v) is 6.68. The van der Waals surface area contributed by atoms with Crippen molar-refractivity contribution in [3.05, 3.63) is 35.5 Å². The maximum atomic E-state index is 11.5. The normalized spacial score (nSPS) is 19.2. The van der Waals surface area contributed by atoms with E-state index in [2.05, 4.69) is 10.3 Å². The van der Waals surface area contributed by atoms with E-state index in [-0.39, 0.29) is 5.92 Å². The minimum atomic E-state index is -0.445. The van der Waals surface area contributed by atoms with Gasteiger partial charge in [-0.25, -0.2) is 0 Å². The average molecular weight is 369 g/mol. The molecule has 0 aliphatic carbocycles. The Bertz CT molecular complexity index is 770. The van der Waals surface area contributed by atoms with Gasteiger partial charge >= 0.3 is 0 Å². The number of hydrogen-bond donors (Lipinski definition) is 3. The first kappa shape index (κ1) is 19.3. The Balaban J connectivity index is 1.66. The van der Waals surface area contributed by atoms with E-state index in [0.717, 1.165) is 61.5 Å². The van der Waals surface area contributed by atoms with Crippen LogP contribution in [-0.2, 0) is 4.74 Å². The molecule has 3 rings (SSSR count). The zero-order valence-electron chi connectivity index (χ0n) is 15.5. The van der Waals surface area contributed by atoms with Crippen LogP contribution in [0.15, 0.2) is 34.4 Å². The molecule has 7 heteroatoms. The summed E-state index contributed by atoms with van der Waals surface area (Å²) in [5.74, 6) is 0.589. The molecule has 2 heterocycles. The van der Waals surface area contributed by atoms with Gasteiger partial charge in [0.05, 0.1) is 13.2 Å². The number of primary amides is 1. The summed E-state index contributed by atoms with van der Waals surface area (Å²) in [5.41, 5.74) is 14.4. The van der Waals surface area contributed by atoms with Crippen molar-refractivity contribution in [3.63, 3.8) is 0 Å². The summed E-state index contributed by atoms with van der Waals surface area (Å²) in [6.45, 7) is 2.65.